The molecule has 3 aromatic rings. The van der Waals surface area contributed by atoms with Crippen molar-refractivity contribution in [2.45, 2.75) is 26.6 Å². The van der Waals surface area contributed by atoms with E-state index in [1.54, 1.807) is 16.6 Å². The summed E-state index contributed by atoms with van der Waals surface area (Å²) in [7, 11) is 0. The van der Waals surface area contributed by atoms with Gasteiger partial charge in [-0.1, -0.05) is 12.5 Å². The van der Waals surface area contributed by atoms with E-state index in [0.29, 0.717) is 22.7 Å². The summed E-state index contributed by atoms with van der Waals surface area (Å²) in [5, 5.41) is 12.6. The van der Waals surface area contributed by atoms with Gasteiger partial charge in [-0.25, -0.2) is 0 Å². The number of hydrogen-bond donors (Lipinski definition) is 0. The van der Waals surface area contributed by atoms with Crippen molar-refractivity contribution in [1.82, 2.24) is 19.8 Å². The third-order valence-corrected chi connectivity index (χ3v) is 3.60. The number of ether oxygens (including phenoxy) is 1. The molecule has 0 saturated carbocycles. The molecule has 0 atom stereocenters. The number of benzene rings is 1. The highest BCUT2D eigenvalue weighted by molar-refractivity contribution is 5.62. The van der Waals surface area contributed by atoms with E-state index in [4.69, 9.17) is 0 Å². The van der Waals surface area contributed by atoms with Crippen molar-refractivity contribution in [1.29, 1.82) is 0 Å². The lowest BCUT2D eigenvalue weighted by atomic mass is 10.1. The minimum Gasteiger partial charge on any atom is -0.406 e. The van der Waals surface area contributed by atoms with Crippen LogP contribution >= 0.6 is 0 Å². The zero-order chi connectivity index (χ0) is 18.0. The molecule has 8 heteroatoms. The van der Waals surface area contributed by atoms with Crippen LogP contribution in [0.2, 0.25) is 0 Å². The van der Waals surface area contributed by atoms with Crippen molar-refractivity contribution >= 4 is 11.7 Å². The van der Waals surface area contributed by atoms with E-state index in [2.05, 4.69) is 20.0 Å². The fourth-order valence-corrected chi connectivity index (χ4v) is 2.20. The van der Waals surface area contributed by atoms with Crippen LogP contribution in [0.5, 0.6) is 5.75 Å². The van der Waals surface area contributed by atoms with Gasteiger partial charge in [0.25, 0.3) is 0 Å². The van der Waals surface area contributed by atoms with E-state index in [0.717, 1.165) is 12.0 Å². The molecule has 25 heavy (non-hydrogen) atoms. The zero-order valence-electron chi connectivity index (χ0n) is 13.6. The standard InChI is InChI=1S/C17H15F3N4O/c1-3-11(2)10-16-22-21-15-9-8-14(23-24(15)16)12-4-6-13(7-5-12)25-17(18,19)20/h4-10H,3H2,1-2H3/b11-10-. The van der Waals surface area contributed by atoms with E-state index in [1.807, 2.05) is 19.9 Å². The Morgan fingerprint density at radius 1 is 1.12 bits per heavy atom. The van der Waals surface area contributed by atoms with E-state index < -0.39 is 6.36 Å². The topological polar surface area (TPSA) is 52.3 Å². The zero-order valence-corrected chi connectivity index (χ0v) is 13.6. The van der Waals surface area contributed by atoms with Crippen molar-refractivity contribution in [3.63, 3.8) is 0 Å². The molecule has 0 aliphatic carbocycles. The first-order chi connectivity index (χ1) is 11.9. The second-order valence-electron chi connectivity index (χ2n) is 5.46. The summed E-state index contributed by atoms with van der Waals surface area (Å²) in [4.78, 5) is 0. The first-order valence-corrected chi connectivity index (χ1v) is 7.61. The average Bonchev–Trinajstić information content (AvgIpc) is 2.96. The lowest BCUT2D eigenvalue weighted by molar-refractivity contribution is -0.274. The fraction of sp³-hybridized carbons (Fsp3) is 0.235. The predicted molar refractivity (Wildman–Crippen MR) is 86.8 cm³/mol. The minimum atomic E-state index is -4.71. The molecule has 0 amide bonds. The van der Waals surface area contributed by atoms with Crippen LogP contribution in [0.15, 0.2) is 42.0 Å². The van der Waals surface area contributed by atoms with E-state index in [1.165, 1.54) is 24.3 Å². The molecule has 2 aromatic heterocycles. The van der Waals surface area contributed by atoms with E-state index in [-0.39, 0.29) is 5.75 Å². The van der Waals surface area contributed by atoms with Crippen molar-refractivity contribution < 1.29 is 17.9 Å². The highest BCUT2D eigenvalue weighted by atomic mass is 19.4. The van der Waals surface area contributed by atoms with Crippen LogP contribution in [0.25, 0.3) is 23.0 Å². The number of allylic oxidation sites excluding steroid dienone is 1. The Bertz CT molecular complexity index is 914. The Morgan fingerprint density at radius 3 is 2.48 bits per heavy atom. The van der Waals surface area contributed by atoms with Gasteiger partial charge in [0.15, 0.2) is 11.5 Å². The molecule has 0 bridgehead atoms. The summed E-state index contributed by atoms with van der Waals surface area (Å²) >= 11 is 0. The first-order valence-electron chi connectivity index (χ1n) is 7.61. The van der Waals surface area contributed by atoms with Crippen molar-refractivity contribution in [3.05, 3.63) is 47.8 Å². The van der Waals surface area contributed by atoms with Gasteiger partial charge < -0.3 is 4.74 Å². The molecule has 130 valence electrons. The highest BCUT2D eigenvalue weighted by Gasteiger charge is 2.30. The normalized spacial score (nSPS) is 12.6. The third-order valence-electron chi connectivity index (χ3n) is 3.60. The number of fused-ring (bicyclic) bond motifs is 1. The largest absolute Gasteiger partial charge is 0.573 e. The van der Waals surface area contributed by atoms with Crippen LogP contribution in [-0.2, 0) is 0 Å². The molecule has 2 heterocycles. The average molecular weight is 348 g/mol. The van der Waals surface area contributed by atoms with Crippen LogP contribution in [0.1, 0.15) is 26.1 Å². The molecule has 0 unspecified atom stereocenters. The maximum Gasteiger partial charge on any atom is 0.573 e. The summed E-state index contributed by atoms with van der Waals surface area (Å²) in [5.74, 6) is 0.331. The van der Waals surface area contributed by atoms with Crippen LogP contribution in [-0.4, -0.2) is 26.2 Å². The van der Waals surface area contributed by atoms with Crippen molar-refractivity contribution in [2.24, 2.45) is 0 Å². The first kappa shape index (κ1) is 16.9. The van der Waals surface area contributed by atoms with Gasteiger partial charge in [0.1, 0.15) is 5.75 Å². The second kappa shape index (κ2) is 6.54. The van der Waals surface area contributed by atoms with Crippen LogP contribution < -0.4 is 4.74 Å². The van der Waals surface area contributed by atoms with Gasteiger partial charge in [-0.3, -0.25) is 0 Å². The van der Waals surface area contributed by atoms with Gasteiger partial charge in [0, 0.05) is 5.56 Å². The SMILES string of the molecule is CC/C(C)=C\c1nnc2ccc(-c3ccc(OC(F)(F)F)cc3)nn12. The molecule has 0 spiro atoms. The van der Waals surface area contributed by atoms with Crippen LogP contribution in [0, 0.1) is 0 Å². The summed E-state index contributed by atoms with van der Waals surface area (Å²) in [6, 6.07) is 9.04. The fourth-order valence-electron chi connectivity index (χ4n) is 2.20. The smallest absolute Gasteiger partial charge is 0.406 e. The molecule has 0 radical (unpaired) electrons. The molecule has 1 aromatic carbocycles. The molecule has 0 saturated heterocycles. The quantitative estimate of drug-likeness (QED) is 0.696. The van der Waals surface area contributed by atoms with Gasteiger partial charge in [0.05, 0.1) is 5.69 Å². The number of halogens is 3. The molecule has 3 rings (SSSR count). The molecule has 0 N–H and O–H groups in total. The van der Waals surface area contributed by atoms with Gasteiger partial charge >= 0.3 is 6.36 Å². The Hall–Kier alpha value is -2.90. The van der Waals surface area contributed by atoms with E-state index >= 15 is 0 Å². The molecule has 0 fully saturated rings. The van der Waals surface area contributed by atoms with Gasteiger partial charge in [-0.05, 0) is 55.8 Å². The maximum absolute atomic E-state index is 12.2. The second-order valence-corrected chi connectivity index (χ2v) is 5.46. The van der Waals surface area contributed by atoms with Gasteiger partial charge in [0.2, 0.25) is 0 Å². The van der Waals surface area contributed by atoms with E-state index in [9.17, 15) is 13.2 Å². The van der Waals surface area contributed by atoms with Gasteiger partial charge in [-0.2, -0.15) is 9.61 Å². The third kappa shape index (κ3) is 3.96. The lowest BCUT2D eigenvalue weighted by Crippen LogP contribution is -2.16. The number of alkyl halides is 3. The molecular weight excluding hydrogens is 333 g/mol. The summed E-state index contributed by atoms with van der Waals surface area (Å²) in [6.45, 7) is 4.03. The Morgan fingerprint density at radius 2 is 1.84 bits per heavy atom. The highest BCUT2D eigenvalue weighted by Crippen LogP contribution is 2.26. The van der Waals surface area contributed by atoms with Gasteiger partial charge in [-0.15, -0.1) is 23.4 Å². The molecule has 5 nitrogen and oxygen atoms in total. The molecule has 0 aliphatic heterocycles. The van der Waals surface area contributed by atoms with Crippen LogP contribution in [0.3, 0.4) is 0 Å². The number of nitrogens with zero attached hydrogens (tertiary/aromatic N) is 4. The number of hydrogen-bond acceptors (Lipinski definition) is 4. The van der Waals surface area contributed by atoms with Crippen molar-refractivity contribution in [3.8, 4) is 17.0 Å². The predicted octanol–water partition coefficient (Wildman–Crippen LogP) is 4.50. The Balaban J connectivity index is 1.95. The Kier molecular flexibility index (Phi) is 4.43. The number of rotatable bonds is 4. The monoisotopic (exact) mass is 348 g/mol. The number of aromatic nitrogens is 4. The Labute approximate surface area is 141 Å². The summed E-state index contributed by atoms with van der Waals surface area (Å²) < 4.78 is 42.2. The minimum absolute atomic E-state index is 0.274. The van der Waals surface area contributed by atoms with Crippen molar-refractivity contribution in [2.75, 3.05) is 0 Å². The summed E-state index contributed by atoms with van der Waals surface area (Å²) in [6.07, 6.45) is -1.92. The maximum atomic E-state index is 12.2. The molecule has 0 aliphatic rings. The molecular formula is C17H15F3N4O. The lowest BCUT2D eigenvalue weighted by Gasteiger charge is -2.09. The summed E-state index contributed by atoms with van der Waals surface area (Å²) in [5.41, 5.74) is 2.98. The van der Waals surface area contributed by atoms with Crippen LogP contribution in [0.4, 0.5) is 13.2 Å².